The van der Waals surface area contributed by atoms with Gasteiger partial charge in [0.05, 0.1) is 13.1 Å². The molecule has 2 aliphatic heterocycles. The van der Waals surface area contributed by atoms with Crippen molar-refractivity contribution < 1.29 is 14.2 Å². The largest absolute Gasteiger partial charge is 0.390 e. The summed E-state index contributed by atoms with van der Waals surface area (Å²) in [5.41, 5.74) is 0. The number of guanidine groups is 1. The molecule has 2 rings (SSSR count). The fraction of sp³-hybridized carbons (Fsp3) is 0.692. The van der Waals surface area contributed by atoms with Gasteiger partial charge in [-0.25, -0.2) is 9.37 Å². The Morgan fingerprint density at radius 2 is 1.95 bits per heavy atom. The maximum atomic E-state index is 12.4. The average Bonchev–Trinajstić information content (AvgIpc) is 2.73. The minimum atomic E-state index is -0.501. The highest BCUT2D eigenvalue weighted by Gasteiger charge is 2.51. The summed E-state index contributed by atoms with van der Waals surface area (Å²) in [6.45, 7) is 7.59. The number of hydrogen-bond acceptors (Lipinski definition) is 4. The summed E-state index contributed by atoms with van der Waals surface area (Å²) in [5.74, 6) is 1.35. The van der Waals surface area contributed by atoms with Gasteiger partial charge in [-0.05, 0) is 12.8 Å². The Bertz CT molecular complexity index is 509. The first-order chi connectivity index (χ1) is 9.38. The number of nitrogens with zero attached hydrogens (tertiary/aromatic N) is 4. The Kier molecular flexibility index (Phi) is 3.78. The third-order valence-corrected chi connectivity index (χ3v) is 3.43. The number of likely N-dealkylation sites (N-methyl/N-ethyl adjacent to an activating group) is 2. The van der Waals surface area contributed by atoms with Gasteiger partial charge >= 0.3 is 12.0 Å². The molecule has 2 aliphatic rings. The lowest BCUT2D eigenvalue weighted by Crippen LogP contribution is -2.61. The molecule has 0 aromatic carbocycles. The maximum Gasteiger partial charge on any atom is 0.390 e. The Labute approximate surface area is 119 Å². The van der Waals surface area contributed by atoms with Crippen LogP contribution in [-0.4, -0.2) is 71.3 Å². The van der Waals surface area contributed by atoms with Crippen molar-refractivity contribution in [2.75, 3.05) is 27.2 Å². The highest BCUT2D eigenvalue weighted by atomic mass is 16.2. The number of carbonyl (C=O) groups excluding carboxylic acids is 2. The topological polar surface area (TPSA) is 68.0 Å². The van der Waals surface area contributed by atoms with E-state index in [9.17, 15) is 9.59 Å². The van der Waals surface area contributed by atoms with Crippen LogP contribution >= 0.6 is 0 Å². The summed E-state index contributed by atoms with van der Waals surface area (Å²) in [5, 5.41) is 3.17. The van der Waals surface area contributed by atoms with Crippen LogP contribution in [0.25, 0.3) is 0 Å². The second-order valence-corrected chi connectivity index (χ2v) is 5.51. The molecular weight excluding hydrogens is 258 g/mol. The van der Waals surface area contributed by atoms with Gasteiger partial charge in [-0.1, -0.05) is 18.8 Å². The van der Waals surface area contributed by atoms with Crippen molar-refractivity contribution in [3.05, 3.63) is 0 Å². The van der Waals surface area contributed by atoms with E-state index in [1.807, 2.05) is 11.5 Å². The van der Waals surface area contributed by atoms with Gasteiger partial charge in [0, 0.05) is 14.1 Å². The molecule has 110 valence electrons. The lowest BCUT2D eigenvalue weighted by molar-refractivity contribution is -0.542. The number of amidine groups is 1. The molecule has 1 saturated heterocycles. The fourth-order valence-corrected chi connectivity index (χ4v) is 2.48. The van der Waals surface area contributed by atoms with Crippen LogP contribution in [0.4, 0.5) is 4.79 Å². The zero-order valence-corrected chi connectivity index (χ0v) is 12.7. The van der Waals surface area contributed by atoms with Crippen LogP contribution in [0, 0.1) is 5.92 Å². The van der Waals surface area contributed by atoms with E-state index in [1.54, 1.807) is 7.05 Å². The molecule has 7 heteroatoms. The number of amides is 3. The minimum Gasteiger partial charge on any atom is -0.275 e. The Morgan fingerprint density at radius 3 is 2.50 bits per heavy atom. The van der Waals surface area contributed by atoms with Crippen molar-refractivity contribution in [3.8, 4) is 0 Å². The van der Waals surface area contributed by atoms with Crippen LogP contribution in [0.5, 0.6) is 0 Å². The summed E-state index contributed by atoms with van der Waals surface area (Å²) in [7, 11) is 3.16. The number of fused-ring (bicyclic) bond motifs is 1. The number of carbonyl (C=O) groups is 2. The molecule has 2 heterocycles. The van der Waals surface area contributed by atoms with E-state index >= 15 is 0 Å². The summed E-state index contributed by atoms with van der Waals surface area (Å²) < 4.78 is 1.95. The molecule has 1 unspecified atom stereocenters. The van der Waals surface area contributed by atoms with E-state index in [0.717, 1.165) is 11.4 Å². The van der Waals surface area contributed by atoms with E-state index in [0.29, 0.717) is 24.3 Å². The lowest BCUT2D eigenvalue weighted by atomic mass is 10.1. The molecule has 0 aromatic heterocycles. The molecule has 0 aromatic rings. The van der Waals surface area contributed by atoms with Gasteiger partial charge in [-0.15, -0.1) is 0 Å². The highest BCUT2D eigenvalue weighted by molar-refractivity contribution is 6.22. The number of rotatable bonds is 3. The third-order valence-electron chi connectivity index (χ3n) is 3.43. The normalized spacial score (nSPS) is 22.7. The molecule has 0 radical (unpaired) electrons. The van der Waals surface area contributed by atoms with E-state index in [-0.39, 0.29) is 11.9 Å². The van der Waals surface area contributed by atoms with Gasteiger partial charge in [0.1, 0.15) is 0 Å². The molecular formula is C13H22N5O2+. The summed E-state index contributed by atoms with van der Waals surface area (Å²) in [6.07, 6.45) is 0. The molecule has 0 bridgehead atoms. The predicted molar refractivity (Wildman–Crippen MR) is 75.8 cm³/mol. The van der Waals surface area contributed by atoms with Gasteiger partial charge in [0.25, 0.3) is 5.91 Å². The smallest absolute Gasteiger partial charge is 0.275 e. The molecule has 1 atom stereocenters. The third kappa shape index (κ3) is 2.17. The maximum absolute atomic E-state index is 12.4. The summed E-state index contributed by atoms with van der Waals surface area (Å²) in [4.78, 5) is 31.5. The molecule has 1 N–H and O–H groups in total. The lowest BCUT2D eigenvalue weighted by Gasteiger charge is -2.32. The summed E-state index contributed by atoms with van der Waals surface area (Å²) >= 11 is 0. The van der Waals surface area contributed by atoms with E-state index < -0.39 is 6.04 Å². The monoisotopic (exact) mass is 280 g/mol. The van der Waals surface area contributed by atoms with Crippen molar-refractivity contribution >= 4 is 23.7 Å². The van der Waals surface area contributed by atoms with Crippen LogP contribution in [0.15, 0.2) is 4.99 Å². The molecule has 1 fully saturated rings. The van der Waals surface area contributed by atoms with Gasteiger partial charge in [-0.3, -0.25) is 19.9 Å². The Hall–Kier alpha value is -1.92. The number of imide groups is 1. The van der Waals surface area contributed by atoms with E-state index in [4.69, 9.17) is 0 Å². The number of aliphatic imine (C=N–C) groups is 1. The van der Waals surface area contributed by atoms with Crippen LogP contribution in [0.3, 0.4) is 0 Å². The van der Waals surface area contributed by atoms with Crippen LogP contribution < -0.4 is 5.32 Å². The first kappa shape index (κ1) is 14.5. The quantitative estimate of drug-likeness (QED) is 0.736. The zero-order chi connectivity index (χ0) is 15.0. The average molecular weight is 280 g/mol. The molecule has 0 saturated carbocycles. The first-order valence-corrected chi connectivity index (χ1v) is 6.89. The molecule has 20 heavy (non-hydrogen) atoms. The van der Waals surface area contributed by atoms with Crippen LogP contribution in [-0.2, 0) is 4.79 Å². The number of urea groups is 1. The number of nitrogens with one attached hydrogen (secondary N) is 1. The predicted octanol–water partition coefficient (Wildman–Crippen LogP) is -0.0751. The molecule has 0 aliphatic carbocycles. The molecule has 0 spiro atoms. The van der Waals surface area contributed by atoms with Crippen molar-refractivity contribution in [1.29, 1.82) is 0 Å². The Balaban J connectivity index is 2.43. The van der Waals surface area contributed by atoms with Crippen molar-refractivity contribution in [2.45, 2.75) is 26.8 Å². The standard InChI is InChI=1S/C13H21N5O2/c1-6-14-12-15-10-9(18(12)7-8(2)3)11(19)17(5)13(20)16(10)4/h8-9H,6-7H2,1-5H3/p+1. The Morgan fingerprint density at radius 1 is 1.30 bits per heavy atom. The minimum absolute atomic E-state index is 0.222. The van der Waals surface area contributed by atoms with Crippen molar-refractivity contribution in [3.63, 3.8) is 0 Å². The van der Waals surface area contributed by atoms with Gasteiger partial charge in [-0.2, -0.15) is 0 Å². The van der Waals surface area contributed by atoms with Crippen LogP contribution in [0.1, 0.15) is 20.8 Å². The fourth-order valence-electron chi connectivity index (χ4n) is 2.48. The van der Waals surface area contributed by atoms with Crippen molar-refractivity contribution in [1.82, 2.24) is 15.1 Å². The molecule has 7 nitrogen and oxygen atoms in total. The van der Waals surface area contributed by atoms with Gasteiger partial charge < -0.3 is 0 Å². The first-order valence-electron chi connectivity index (χ1n) is 6.89. The van der Waals surface area contributed by atoms with E-state index in [1.165, 1.54) is 11.9 Å². The SMILES string of the molecule is CCNC1=[N+](CC(C)C)C2C(=O)N(C)C(=O)N(C)C2=N1. The van der Waals surface area contributed by atoms with Gasteiger partial charge in [0.2, 0.25) is 11.9 Å². The number of hydrogen-bond donors (Lipinski definition) is 1. The highest BCUT2D eigenvalue weighted by Crippen LogP contribution is 2.19. The molecule has 3 amide bonds. The van der Waals surface area contributed by atoms with Gasteiger partial charge in [0.15, 0.2) is 0 Å². The van der Waals surface area contributed by atoms with Crippen molar-refractivity contribution in [2.24, 2.45) is 10.9 Å². The summed E-state index contributed by atoms with van der Waals surface area (Å²) in [6, 6.07) is -0.841. The van der Waals surface area contributed by atoms with Crippen LogP contribution in [0.2, 0.25) is 0 Å². The van der Waals surface area contributed by atoms with E-state index in [2.05, 4.69) is 24.2 Å². The second-order valence-electron chi connectivity index (χ2n) is 5.51. The second kappa shape index (κ2) is 5.22. The zero-order valence-electron chi connectivity index (χ0n) is 12.7.